The zero-order chi connectivity index (χ0) is 41.7. The summed E-state index contributed by atoms with van der Waals surface area (Å²) < 4.78 is 60.0. The van der Waals surface area contributed by atoms with Crippen LogP contribution in [-0.2, 0) is 87.4 Å². The van der Waals surface area contributed by atoms with E-state index in [-0.39, 0.29) is 35.7 Å². The van der Waals surface area contributed by atoms with Gasteiger partial charge in [0.15, 0.2) is 29.8 Å². The lowest BCUT2D eigenvalue weighted by Gasteiger charge is -2.45. The topological polar surface area (TPSA) is 238 Å². The smallest absolute Gasteiger partial charge is 0.337 e. The van der Waals surface area contributed by atoms with E-state index in [9.17, 15) is 38.4 Å². The van der Waals surface area contributed by atoms with Gasteiger partial charge in [-0.15, -0.1) is 0 Å². The number of benzene rings is 1. The number of esters is 8. The number of hydrogen-bond acceptors (Lipinski definition) is 19. The van der Waals surface area contributed by atoms with E-state index >= 15 is 0 Å². The maximum atomic E-state index is 13.3. The molecule has 0 spiro atoms. The van der Waals surface area contributed by atoms with Crippen molar-refractivity contribution in [3.8, 4) is 11.5 Å². The Hall–Kier alpha value is -5.82. The van der Waals surface area contributed by atoms with Gasteiger partial charge in [-0.3, -0.25) is 33.6 Å². The zero-order valence-electron chi connectivity index (χ0n) is 32.0. The van der Waals surface area contributed by atoms with Crippen LogP contribution in [0.3, 0.4) is 0 Å². The number of methoxy groups -OCH3 is 1. The summed E-state index contributed by atoms with van der Waals surface area (Å²) in [4.78, 5) is 97.5. The third-order valence-corrected chi connectivity index (χ3v) is 7.87. The van der Waals surface area contributed by atoms with Crippen molar-refractivity contribution in [3.05, 3.63) is 47.2 Å². The molecular formula is C37H44O19. The van der Waals surface area contributed by atoms with Gasteiger partial charge in [-0.2, -0.15) is 0 Å². The van der Waals surface area contributed by atoms with Crippen LogP contribution in [0.4, 0.5) is 0 Å². The molecule has 0 saturated carbocycles. The molecule has 0 amide bonds. The second kappa shape index (κ2) is 20.7. The molecule has 7 unspecified atom stereocenters. The molecular weight excluding hydrogens is 748 g/mol. The maximum absolute atomic E-state index is 13.3. The molecule has 2 heterocycles. The summed E-state index contributed by atoms with van der Waals surface area (Å²) >= 11 is 0. The molecule has 0 bridgehead atoms. The molecule has 7 atom stereocenters. The van der Waals surface area contributed by atoms with Gasteiger partial charge in [0.2, 0.25) is 12.6 Å². The third-order valence-electron chi connectivity index (χ3n) is 7.87. The molecule has 306 valence electrons. The highest BCUT2D eigenvalue weighted by Crippen LogP contribution is 2.38. The lowest BCUT2D eigenvalue weighted by atomic mass is 9.86. The van der Waals surface area contributed by atoms with Crippen LogP contribution < -0.4 is 9.47 Å². The van der Waals surface area contributed by atoms with Crippen molar-refractivity contribution in [2.45, 2.75) is 98.3 Å². The molecule has 56 heavy (non-hydrogen) atoms. The molecule has 0 aliphatic carbocycles. The van der Waals surface area contributed by atoms with Crippen molar-refractivity contribution in [1.29, 1.82) is 0 Å². The SMILES string of the molecule is CC=C1C(OC2OC(COC(C)=O)C(OC(C)=O)C(OC(C)=O)C2OC(C)=O)OC=C(C(=O)OC)C1CC(=O)OCCc1ccc(OC(C)=O)c(OC(C)=O)c1. The Morgan fingerprint density at radius 2 is 1.34 bits per heavy atom. The minimum atomic E-state index is -1.65. The number of hydrogen-bond donors (Lipinski definition) is 0. The summed E-state index contributed by atoms with van der Waals surface area (Å²) in [5.41, 5.74) is 0.689. The first-order valence-electron chi connectivity index (χ1n) is 17.1. The molecule has 0 radical (unpaired) electrons. The van der Waals surface area contributed by atoms with Gasteiger partial charge in [-0.25, -0.2) is 4.79 Å². The molecule has 19 heteroatoms. The second-order valence-electron chi connectivity index (χ2n) is 12.2. The van der Waals surface area contributed by atoms with Gasteiger partial charge in [-0.05, 0) is 24.6 Å². The van der Waals surface area contributed by atoms with Gasteiger partial charge in [0.1, 0.15) is 12.7 Å². The Kier molecular flexibility index (Phi) is 16.5. The molecule has 1 saturated heterocycles. The summed E-state index contributed by atoms with van der Waals surface area (Å²) in [6.07, 6.45) is -6.73. The molecule has 1 aromatic rings. The highest BCUT2D eigenvalue weighted by atomic mass is 16.8. The lowest BCUT2D eigenvalue weighted by molar-refractivity contribution is -0.331. The highest BCUT2D eigenvalue weighted by molar-refractivity contribution is 5.90. The van der Waals surface area contributed by atoms with Gasteiger partial charge in [0.25, 0.3) is 0 Å². The van der Waals surface area contributed by atoms with Crippen LogP contribution in [-0.4, -0.2) is 105 Å². The molecule has 0 aromatic heterocycles. The molecule has 0 N–H and O–H groups in total. The third kappa shape index (κ3) is 12.9. The number of ether oxygens (including phenoxy) is 11. The van der Waals surface area contributed by atoms with Crippen molar-refractivity contribution < 1.29 is 90.5 Å². The van der Waals surface area contributed by atoms with Gasteiger partial charge in [-0.1, -0.05) is 12.1 Å². The summed E-state index contributed by atoms with van der Waals surface area (Å²) in [6.45, 7) is 7.60. The van der Waals surface area contributed by atoms with E-state index in [0.29, 0.717) is 5.56 Å². The van der Waals surface area contributed by atoms with E-state index in [1.54, 1.807) is 13.0 Å². The normalized spacial score (nSPS) is 23.6. The highest BCUT2D eigenvalue weighted by Gasteiger charge is 2.54. The number of allylic oxidation sites excluding steroid dienone is 1. The predicted octanol–water partition coefficient (Wildman–Crippen LogP) is 2.09. The number of rotatable bonds is 15. The number of carbonyl (C=O) groups is 8. The number of carbonyl (C=O) groups excluding carboxylic acids is 8. The van der Waals surface area contributed by atoms with Crippen LogP contribution in [0.15, 0.2) is 41.7 Å². The fraction of sp³-hybridized carbons (Fsp3) is 0.514. The molecule has 3 rings (SSSR count). The fourth-order valence-corrected chi connectivity index (χ4v) is 5.73. The monoisotopic (exact) mass is 792 g/mol. The zero-order valence-corrected chi connectivity index (χ0v) is 32.0. The fourth-order valence-electron chi connectivity index (χ4n) is 5.73. The molecule has 2 aliphatic rings. The predicted molar refractivity (Wildman–Crippen MR) is 184 cm³/mol. The van der Waals surface area contributed by atoms with E-state index in [1.807, 2.05) is 0 Å². The quantitative estimate of drug-likeness (QED) is 0.107. The van der Waals surface area contributed by atoms with Crippen LogP contribution in [0.5, 0.6) is 11.5 Å². The summed E-state index contributed by atoms with van der Waals surface area (Å²) in [6, 6.07) is 4.47. The Morgan fingerprint density at radius 1 is 0.732 bits per heavy atom. The first-order chi connectivity index (χ1) is 26.4. The van der Waals surface area contributed by atoms with E-state index in [2.05, 4.69) is 0 Å². The molecule has 1 fully saturated rings. The molecule has 1 aromatic carbocycles. The van der Waals surface area contributed by atoms with E-state index in [0.717, 1.165) is 41.1 Å². The Morgan fingerprint density at radius 3 is 1.91 bits per heavy atom. The largest absolute Gasteiger partial charge is 0.468 e. The van der Waals surface area contributed by atoms with Crippen LogP contribution in [0.25, 0.3) is 0 Å². The van der Waals surface area contributed by atoms with Crippen molar-refractivity contribution in [3.63, 3.8) is 0 Å². The minimum absolute atomic E-state index is 0.00739. The molecule has 19 nitrogen and oxygen atoms in total. The van der Waals surface area contributed by atoms with Crippen LogP contribution >= 0.6 is 0 Å². The van der Waals surface area contributed by atoms with Crippen molar-refractivity contribution >= 4 is 47.8 Å². The molecule has 2 aliphatic heterocycles. The average Bonchev–Trinajstić information content (AvgIpc) is 3.09. The van der Waals surface area contributed by atoms with E-state index in [1.165, 1.54) is 32.1 Å². The first kappa shape index (κ1) is 44.6. The van der Waals surface area contributed by atoms with Gasteiger partial charge in [0, 0.05) is 59.5 Å². The van der Waals surface area contributed by atoms with Crippen molar-refractivity contribution in [2.75, 3.05) is 20.3 Å². The standard InChI is InChI=1S/C37H44O19/c1-9-25-26(15-31(44)47-13-12-24-10-11-28(50-19(3)39)29(14-24)51-20(4)40)27(35(45)46-8)16-49-36(25)56-37-34(54-23(7)43)33(53-22(6)42)32(52-21(5)41)30(55-37)17-48-18(2)38/h9-11,14,16,26,30,32-34,36-37H,12-13,15,17H2,1-8H3. The maximum Gasteiger partial charge on any atom is 0.337 e. The Bertz CT molecular complexity index is 1730. The minimum Gasteiger partial charge on any atom is -0.468 e. The van der Waals surface area contributed by atoms with Gasteiger partial charge >= 0.3 is 47.8 Å². The Balaban J connectivity index is 1.88. The lowest BCUT2D eigenvalue weighted by Crippen LogP contribution is -2.63. The van der Waals surface area contributed by atoms with Crippen LogP contribution in [0.2, 0.25) is 0 Å². The van der Waals surface area contributed by atoms with Crippen LogP contribution in [0.1, 0.15) is 60.5 Å². The van der Waals surface area contributed by atoms with E-state index < -0.39 is 104 Å². The average molecular weight is 793 g/mol. The summed E-state index contributed by atoms with van der Waals surface area (Å²) in [5, 5.41) is 0. The van der Waals surface area contributed by atoms with Gasteiger partial charge in [0.05, 0.1) is 32.0 Å². The first-order valence-corrected chi connectivity index (χ1v) is 17.1. The van der Waals surface area contributed by atoms with Crippen LogP contribution in [0, 0.1) is 5.92 Å². The summed E-state index contributed by atoms with van der Waals surface area (Å²) in [5.74, 6) is -7.16. The van der Waals surface area contributed by atoms with E-state index in [4.69, 9.17) is 52.1 Å². The summed E-state index contributed by atoms with van der Waals surface area (Å²) in [7, 11) is 1.13. The van der Waals surface area contributed by atoms with Crippen molar-refractivity contribution in [2.24, 2.45) is 5.92 Å². The second-order valence-corrected chi connectivity index (χ2v) is 12.2. The van der Waals surface area contributed by atoms with Crippen molar-refractivity contribution in [1.82, 2.24) is 0 Å². The van der Waals surface area contributed by atoms with Gasteiger partial charge < -0.3 is 52.1 Å². The Labute approximate surface area is 321 Å².